The van der Waals surface area contributed by atoms with Crippen LogP contribution in [0.1, 0.15) is 23.6 Å². The monoisotopic (exact) mass is 518 g/mol. The number of aromatic nitrogens is 5. The number of aromatic amines is 1. The highest BCUT2D eigenvalue weighted by Crippen LogP contribution is 2.29. The van der Waals surface area contributed by atoms with Crippen molar-refractivity contribution < 1.29 is 8.42 Å². The fourth-order valence-corrected chi connectivity index (χ4v) is 6.12. The second kappa shape index (κ2) is 9.57. The van der Waals surface area contributed by atoms with Crippen LogP contribution in [0.5, 0.6) is 0 Å². The first-order valence-electron chi connectivity index (χ1n) is 12.0. The minimum atomic E-state index is -3.62. The van der Waals surface area contributed by atoms with Gasteiger partial charge in [0.05, 0.1) is 41.1 Å². The number of hydrogen-bond donors (Lipinski definition) is 1. The Bertz CT molecular complexity index is 1930. The molecule has 6 aromatic rings. The van der Waals surface area contributed by atoms with E-state index < -0.39 is 15.9 Å². The summed E-state index contributed by atoms with van der Waals surface area (Å²) in [5.41, 5.74) is 3.64. The summed E-state index contributed by atoms with van der Waals surface area (Å²) < 4.78 is 28.5. The maximum absolute atomic E-state index is 13.4. The fourth-order valence-electron chi connectivity index (χ4n) is 4.73. The molecule has 0 amide bonds. The molecule has 186 valence electrons. The lowest BCUT2D eigenvalue weighted by atomic mass is 10.0. The number of sulfone groups is 1. The average Bonchev–Trinajstić information content (AvgIpc) is 3.62. The lowest BCUT2D eigenvalue weighted by Gasteiger charge is -2.16. The van der Waals surface area contributed by atoms with E-state index in [9.17, 15) is 13.7 Å². The van der Waals surface area contributed by atoms with Gasteiger partial charge in [-0.2, -0.15) is 10.4 Å². The van der Waals surface area contributed by atoms with Gasteiger partial charge in [-0.15, -0.1) is 0 Å². The van der Waals surface area contributed by atoms with E-state index >= 15 is 0 Å². The SMILES string of the molecule is N#CCC(c1cccc(S(=O)(=O)Cc2ccc3ccccc3c2)c1)n1cc(-c2ncnc3[nH]ccc23)cn1. The van der Waals surface area contributed by atoms with Gasteiger partial charge in [-0.05, 0) is 40.1 Å². The van der Waals surface area contributed by atoms with Gasteiger partial charge in [0.15, 0.2) is 9.84 Å². The smallest absolute Gasteiger partial charge is 0.182 e. The fraction of sp³-hybridized carbons (Fsp3) is 0.103. The Morgan fingerprint density at radius 3 is 2.71 bits per heavy atom. The molecule has 1 N–H and O–H groups in total. The van der Waals surface area contributed by atoms with Crippen LogP contribution in [-0.4, -0.2) is 33.2 Å². The molecule has 0 bridgehead atoms. The van der Waals surface area contributed by atoms with Crippen molar-refractivity contribution in [2.24, 2.45) is 0 Å². The molecule has 6 rings (SSSR count). The van der Waals surface area contributed by atoms with E-state index in [1.165, 1.54) is 6.33 Å². The topological polar surface area (TPSA) is 117 Å². The summed E-state index contributed by atoms with van der Waals surface area (Å²) in [6.45, 7) is 0. The number of nitriles is 1. The van der Waals surface area contributed by atoms with Crippen LogP contribution in [0.25, 0.3) is 33.1 Å². The van der Waals surface area contributed by atoms with E-state index in [1.54, 1.807) is 35.3 Å². The van der Waals surface area contributed by atoms with Gasteiger partial charge >= 0.3 is 0 Å². The highest BCUT2D eigenvalue weighted by molar-refractivity contribution is 7.90. The average molecular weight is 519 g/mol. The van der Waals surface area contributed by atoms with Gasteiger partial charge in [-0.25, -0.2) is 18.4 Å². The Balaban J connectivity index is 1.32. The molecule has 1 atom stereocenters. The number of hydrogen-bond acceptors (Lipinski definition) is 6. The van der Waals surface area contributed by atoms with Crippen LogP contribution in [0.4, 0.5) is 0 Å². The van der Waals surface area contributed by atoms with Crippen LogP contribution in [0, 0.1) is 11.3 Å². The van der Waals surface area contributed by atoms with Gasteiger partial charge in [-0.1, -0.05) is 54.6 Å². The van der Waals surface area contributed by atoms with Crippen molar-refractivity contribution in [1.29, 1.82) is 5.26 Å². The van der Waals surface area contributed by atoms with E-state index in [4.69, 9.17) is 0 Å². The molecule has 3 aromatic heterocycles. The number of benzene rings is 3. The van der Waals surface area contributed by atoms with E-state index in [-0.39, 0.29) is 17.1 Å². The zero-order valence-electron chi connectivity index (χ0n) is 20.2. The maximum atomic E-state index is 13.4. The number of nitrogens with zero attached hydrogens (tertiary/aromatic N) is 5. The first-order valence-corrected chi connectivity index (χ1v) is 13.7. The molecular weight excluding hydrogens is 496 g/mol. The normalized spacial score (nSPS) is 12.5. The standard InChI is InChI=1S/C29H22N6O2S/c30-12-10-27(35-17-24(16-34-35)28-26-11-13-31-29(26)33-19-32-28)23-6-3-7-25(15-23)38(36,37)18-20-8-9-21-4-1-2-5-22(21)14-20/h1-9,11,13-17,19,27H,10,18H2,(H,31,32,33). The van der Waals surface area contributed by atoms with Gasteiger partial charge in [-0.3, -0.25) is 4.68 Å². The number of H-pyrrole nitrogens is 1. The van der Waals surface area contributed by atoms with E-state index in [0.717, 1.165) is 38.6 Å². The lowest BCUT2D eigenvalue weighted by Crippen LogP contribution is -2.12. The second-order valence-corrected chi connectivity index (χ2v) is 11.1. The molecule has 3 heterocycles. The highest BCUT2D eigenvalue weighted by Gasteiger charge is 2.21. The summed E-state index contributed by atoms with van der Waals surface area (Å²) in [4.78, 5) is 11.9. The molecular formula is C29H22N6O2S. The molecule has 0 aliphatic carbocycles. The molecule has 0 radical (unpaired) electrons. The van der Waals surface area contributed by atoms with Gasteiger partial charge in [0, 0.05) is 23.3 Å². The largest absolute Gasteiger partial charge is 0.346 e. The summed E-state index contributed by atoms with van der Waals surface area (Å²) in [7, 11) is -3.62. The molecule has 0 saturated carbocycles. The predicted octanol–water partition coefficient (Wildman–Crippen LogP) is 5.45. The molecule has 8 nitrogen and oxygen atoms in total. The molecule has 0 saturated heterocycles. The Hall–Kier alpha value is -4.81. The van der Waals surface area contributed by atoms with Crippen molar-refractivity contribution in [2.75, 3.05) is 0 Å². The van der Waals surface area contributed by atoms with Crippen molar-refractivity contribution in [3.8, 4) is 17.3 Å². The third-order valence-electron chi connectivity index (χ3n) is 6.61. The zero-order valence-corrected chi connectivity index (χ0v) is 21.0. The summed E-state index contributed by atoms with van der Waals surface area (Å²) in [5.74, 6) is -0.115. The van der Waals surface area contributed by atoms with Crippen molar-refractivity contribution in [1.82, 2.24) is 24.7 Å². The number of nitrogens with one attached hydrogen (secondary N) is 1. The first-order chi connectivity index (χ1) is 18.5. The zero-order chi connectivity index (χ0) is 26.1. The third kappa shape index (κ3) is 4.42. The molecule has 3 aromatic carbocycles. The Kier molecular flexibility index (Phi) is 5.94. The molecule has 0 aliphatic heterocycles. The second-order valence-electron chi connectivity index (χ2n) is 9.06. The van der Waals surface area contributed by atoms with Gasteiger partial charge < -0.3 is 4.98 Å². The third-order valence-corrected chi connectivity index (χ3v) is 8.29. The van der Waals surface area contributed by atoms with E-state index in [2.05, 4.69) is 26.1 Å². The minimum Gasteiger partial charge on any atom is -0.346 e. The van der Waals surface area contributed by atoms with E-state index in [0.29, 0.717) is 5.56 Å². The van der Waals surface area contributed by atoms with Crippen molar-refractivity contribution in [2.45, 2.75) is 23.1 Å². The van der Waals surface area contributed by atoms with Gasteiger partial charge in [0.2, 0.25) is 0 Å². The summed E-state index contributed by atoms with van der Waals surface area (Å²) in [5, 5.41) is 17.0. The molecule has 9 heteroatoms. The molecule has 0 spiro atoms. The summed E-state index contributed by atoms with van der Waals surface area (Å²) in [6, 6.07) is 24.0. The van der Waals surface area contributed by atoms with Crippen molar-refractivity contribution >= 4 is 31.6 Å². The van der Waals surface area contributed by atoms with Crippen molar-refractivity contribution in [3.63, 3.8) is 0 Å². The quantitative estimate of drug-likeness (QED) is 0.300. The maximum Gasteiger partial charge on any atom is 0.182 e. The summed E-state index contributed by atoms with van der Waals surface area (Å²) >= 11 is 0. The van der Waals surface area contributed by atoms with E-state index in [1.807, 2.05) is 60.8 Å². The predicted molar refractivity (Wildman–Crippen MR) is 145 cm³/mol. The van der Waals surface area contributed by atoms with Crippen LogP contribution >= 0.6 is 0 Å². The van der Waals surface area contributed by atoms with Crippen LogP contribution in [0.3, 0.4) is 0 Å². The highest BCUT2D eigenvalue weighted by atomic mass is 32.2. The molecule has 0 aliphatic rings. The molecule has 1 unspecified atom stereocenters. The first kappa shape index (κ1) is 23.6. The minimum absolute atomic E-state index is 0.115. The lowest BCUT2D eigenvalue weighted by molar-refractivity contribution is 0.531. The Labute approximate surface area is 219 Å². The molecule has 0 fully saturated rings. The van der Waals surface area contributed by atoms with Crippen LogP contribution in [0.2, 0.25) is 0 Å². The number of rotatable bonds is 7. The summed E-state index contributed by atoms with van der Waals surface area (Å²) in [6.07, 6.45) is 6.93. The Morgan fingerprint density at radius 2 is 1.84 bits per heavy atom. The van der Waals surface area contributed by atoms with Crippen molar-refractivity contribution in [3.05, 3.63) is 109 Å². The van der Waals surface area contributed by atoms with Gasteiger partial charge in [0.25, 0.3) is 0 Å². The van der Waals surface area contributed by atoms with Crippen LogP contribution < -0.4 is 0 Å². The molecule has 38 heavy (non-hydrogen) atoms. The number of fused-ring (bicyclic) bond motifs is 2. The Morgan fingerprint density at radius 1 is 0.974 bits per heavy atom. The van der Waals surface area contributed by atoms with Crippen LogP contribution in [-0.2, 0) is 15.6 Å². The van der Waals surface area contributed by atoms with Gasteiger partial charge in [0.1, 0.15) is 12.0 Å². The van der Waals surface area contributed by atoms with Crippen LogP contribution in [0.15, 0.2) is 103 Å².